The number of para-hydroxylation sites is 3. The third-order valence-corrected chi connectivity index (χ3v) is 11.5. The van der Waals surface area contributed by atoms with Crippen LogP contribution in [0.2, 0.25) is 0 Å². The van der Waals surface area contributed by atoms with Crippen LogP contribution in [-0.4, -0.2) is 24.1 Å². The lowest BCUT2D eigenvalue weighted by molar-refractivity contribution is 1.06. The van der Waals surface area contributed by atoms with E-state index in [4.69, 9.17) is 15.0 Å². The van der Waals surface area contributed by atoms with Crippen molar-refractivity contribution in [2.24, 2.45) is 0 Å². The van der Waals surface area contributed by atoms with Crippen LogP contribution in [0.3, 0.4) is 0 Å². The van der Waals surface area contributed by atoms with Gasteiger partial charge in [-0.05, 0) is 82.2 Å². The summed E-state index contributed by atoms with van der Waals surface area (Å²) in [4.78, 5) is 15.2. The maximum Gasteiger partial charge on any atom is 0.166 e. The molecule has 0 fully saturated rings. The van der Waals surface area contributed by atoms with Gasteiger partial charge in [0.1, 0.15) is 0 Å². The first kappa shape index (κ1) is 32.4. The fourth-order valence-corrected chi connectivity index (χ4v) is 8.82. The molecule has 0 unspecified atom stereocenters. The van der Waals surface area contributed by atoms with Crippen molar-refractivity contribution < 1.29 is 0 Å². The summed E-state index contributed by atoms with van der Waals surface area (Å²) in [5.41, 5.74) is 9.61. The Morgan fingerprint density at radius 3 is 1.45 bits per heavy atom. The molecule has 3 heterocycles. The molecule has 0 aliphatic rings. The molecule has 0 amide bonds. The second-order valence-corrected chi connectivity index (χ2v) is 14.9. The van der Waals surface area contributed by atoms with Crippen LogP contribution < -0.4 is 0 Å². The molecule has 9 aromatic carbocycles. The average Bonchev–Trinajstić information content (AvgIpc) is 3.79. The quantitative estimate of drug-likeness (QED) is 0.177. The molecule has 0 saturated carbocycles. The number of aromatic nitrogens is 5. The van der Waals surface area contributed by atoms with Gasteiger partial charge in [-0.3, -0.25) is 0 Å². The number of hydrogen-bond donors (Lipinski definition) is 0. The van der Waals surface area contributed by atoms with Gasteiger partial charge in [-0.25, -0.2) is 15.0 Å². The standard InChI is InChI=1S/C53H33N5/c1-3-15-34(16-4-1)51-54-52(35-17-5-2-6-18-35)56-53(55-51)43-23-11-14-26-48(43)58-47-25-13-10-22-42(47)45-31-39-29-40(28-27-38(39)33-50(45)58)57-46-24-12-9-21-41(46)44-30-36-19-7-8-20-37(36)32-49(44)57/h1-33H. The average molecular weight is 740 g/mol. The third-order valence-electron chi connectivity index (χ3n) is 11.5. The van der Waals surface area contributed by atoms with E-state index in [0.29, 0.717) is 17.5 Å². The number of benzene rings is 9. The maximum atomic E-state index is 5.14. The topological polar surface area (TPSA) is 48.5 Å². The lowest BCUT2D eigenvalue weighted by Crippen LogP contribution is -2.03. The summed E-state index contributed by atoms with van der Waals surface area (Å²) in [5.74, 6) is 1.90. The fourth-order valence-electron chi connectivity index (χ4n) is 8.82. The van der Waals surface area contributed by atoms with E-state index in [2.05, 4.69) is 149 Å². The Kier molecular flexibility index (Phi) is 7.16. The second-order valence-electron chi connectivity index (χ2n) is 14.9. The van der Waals surface area contributed by atoms with Crippen molar-refractivity contribution in [1.82, 2.24) is 24.1 Å². The van der Waals surface area contributed by atoms with Gasteiger partial charge in [0.15, 0.2) is 17.5 Å². The summed E-state index contributed by atoms with van der Waals surface area (Å²) in [6, 6.07) is 71.1. The summed E-state index contributed by atoms with van der Waals surface area (Å²) in [6.07, 6.45) is 0. The van der Waals surface area contributed by atoms with Crippen LogP contribution in [0.1, 0.15) is 0 Å². The molecule has 5 nitrogen and oxygen atoms in total. The van der Waals surface area contributed by atoms with Gasteiger partial charge < -0.3 is 9.13 Å². The molecular weight excluding hydrogens is 707 g/mol. The Bertz CT molecular complexity index is 3510. The Hall–Kier alpha value is -7.89. The van der Waals surface area contributed by atoms with Crippen molar-refractivity contribution in [1.29, 1.82) is 0 Å². The highest BCUT2D eigenvalue weighted by Crippen LogP contribution is 2.40. The molecule has 0 bridgehead atoms. The first-order chi connectivity index (χ1) is 28.7. The molecule has 12 rings (SSSR count). The van der Waals surface area contributed by atoms with Gasteiger partial charge in [0.2, 0.25) is 0 Å². The molecule has 0 N–H and O–H groups in total. The Morgan fingerprint density at radius 1 is 0.293 bits per heavy atom. The molecule has 0 aliphatic heterocycles. The highest BCUT2D eigenvalue weighted by molar-refractivity contribution is 6.16. The van der Waals surface area contributed by atoms with E-state index in [9.17, 15) is 0 Å². The van der Waals surface area contributed by atoms with E-state index < -0.39 is 0 Å². The second kappa shape index (κ2) is 12.8. The fraction of sp³-hybridized carbons (Fsp3) is 0. The molecule has 12 aromatic rings. The van der Waals surface area contributed by atoms with Gasteiger partial charge in [0.05, 0.1) is 27.8 Å². The van der Waals surface area contributed by atoms with Gasteiger partial charge >= 0.3 is 0 Å². The van der Waals surface area contributed by atoms with Crippen molar-refractivity contribution in [3.05, 3.63) is 200 Å². The highest BCUT2D eigenvalue weighted by atomic mass is 15.1. The van der Waals surface area contributed by atoms with E-state index in [-0.39, 0.29) is 0 Å². The zero-order chi connectivity index (χ0) is 38.2. The first-order valence-electron chi connectivity index (χ1n) is 19.6. The van der Waals surface area contributed by atoms with Crippen molar-refractivity contribution in [3.8, 4) is 45.5 Å². The van der Waals surface area contributed by atoms with Crippen LogP contribution in [0.5, 0.6) is 0 Å². The largest absolute Gasteiger partial charge is 0.309 e. The molecule has 270 valence electrons. The van der Waals surface area contributed by atoms with Gasteiger partial charge in [-0.1, -0.05) is 140 Å². The van der Waals surface area contributed by atoms with Crippen LogP contribution in [-0.2, 0) is 0 Å². The van der Waals surface area contributed by atoms with Crippen molar-refractivity contribution in [2.75, 3.05) is 0 Å². The summed E-state index contributed by atoms with van der Waals surface area (Å²) in [5, 5.41) is 9.73. The normalized spacial score (nSPS) is 11.8. The molecule has 0 radical (unpaired) electrons. The van der Waals surface area contributed by atoms with E-state index in [1.54, 1.807) is 0 Å². The van der Waals surface area contributed by atoms with Crippen molar-refractivity contribution in [3.63, 3.8) is 0 Å². The van der Waals surface area contributed by atoms with Gasteiger partial charge in [0, 0.05) is 43.9 Å². The lowest BCUT2D eigenvalue weighted by Gasteiger charge is -2.15. The van der Waals surface area contributed by atoms with Crippen molar-refractivity contribution >= 4 is 65.2 Å². The molecule has 3 aromatic heterocycles. The molecule has 0 atom stereocenters. The van der Waals surface area contributed by atoms with Crippen LogP contribution in [0, 0.1) is 0 Å². The molecule has 5 heteroatoms. The first-order valence-corrected chi connectivity index (χ1v) is 19.6. The van der Waals surface area contributed by atoms with Crippen LogP contribution in [0.25, 0.3) is 111 Å². The minimum Gasteiger partial charge on any atom is -0.309 e. The van der Waals surface area contributed by atoms with E-state index in [1.807, 2.05) is 60.7 Å². The summed E-state index contributed by atoms with van der Waals surface area (Å²) >= 11 is 0. The van der Waals surface area contributed by atoms with Crippen LogP contribution in [0.4, 0.5) is 0 Å². The van der Waals surface area contributed by atoms with E-state index in [1.165, 1.54) is 54.1 Å². The number of hydrogen-bond acceptors (Lipinski definition) is 3. The monoisotopic (exact) mass is 739 g/mol. The zero-order valence-electron chi connectivity index (χ0n) is 31.3. The maximum absolute atomic E-state index is 5.14. The molecule has 58 heavy (non-hydrogen) atoms. The molecule has 0 spiro atoms. The Labute approximate surface area is 333 Å². The Balaban J connectivity index is 1.07. The predicted octanol–water partition coefficient (Wildman–Crippen LogP) is 13.4. The lowest BCUT2D eigenvalue weighted by atomic mass is 10.0. The summed E-state index contributed by atoms with van der Waals surface area (Å²) in [6.45, 7) is 0. The third kappa shape index (κ3) is 5.07. The Morgan fingerprint density at radius 2 is 0.776 bits per heavy atom. The minimum atomic E-state index is 0.624. The van der Waals surface area contributed by atoms with Gasteiger partial charge in [0.25, 0.3) is 0 Å². The molecular formula is C53H33N5. The van der Waals surface area contributed by atoms with Gasteiger partial charge in [-0.15, -0.1) is 0 Å². The van der Waals surface area contributed by atoms with Crippen LogP contribution in [0.15, 0.2) is 200 Å². The SMILES string of the molecule is c1ccc(-c2nc(-c3ccccc3)nc(-c3ccccc3-n3c4ccccc4c4cc5cc(-n6c7ccccc7c7cc8ccccc8cc76)ccc5cc43)n2)cc1. The number of nitrogens with zero attached hydrogens (tertiary/aromatic N) is 5. The van der Waals surface area contributed by atoms with E-state index in [0.717, 1.165) is 39.1 Å². The van der Waals surface area contributed by atoms with Crippen LogP contribution >= 0.6 is 0 Å². The minimum absolute atomic E-state index is 0.624. The smallest absolute Gasteiger partial charge is 0.166 e. The summed E-state index contributed by atoms with van der Waals surface area (Å²) in [7, 11) is 0. The zero-order valence-corrected chi connectivity index (χ0v) is 31.3. The summed E-state index contributed by atoms with van der Waals surface area (Å²) < 4.78 is 4.79. The number of fused-ring (bicyclic) bond motifs is 8. The number of rotatable bonds is 5. The van der Waals surface area contributed by atoms with E-state index >= 15 is 0 Å². The van der Waals surface area contributed by atoms with Crippen molar-refractivity contribution in [2.45, 2.75) is 0 Å². The van der Waals surface area contributed by atoms with Gasteiger partial charge in [-0.2, -0.15) is 0 Å². The predicted molar refractivity (Wildman–Crippen MR) is 240 cm³/mol. The molecule has 0 aliphatic carbocycles. The highest BCUT2D eigenvalue weighted by Gasteiger charge is 2.20. The molecule has 0 saturated heterocycles.